The van der Waals surface area contributed by atoms with Crippen LogP contribution >= 0.6 is 27.5 Å². The zero-order chi connectivity index (χ0) is 13.8. The van der Waals surface area contributed by atoms with E-state index in [1.54, 1.807) is 24.3 Å². The van der Waals surface area contributed by atoms with Gasteiger partial charge >= 0.3 is 0 Å². The summed E-state index contributed by atoms with van der Waals surface area (Å²) < 4.78 is 0.535. The minimum Gasteiger partial charge on any atom is -0.331 e. The maximum absolute atomic E-state index is 12.0. The second-order valence-electron chi connectivity index (χ2n) is 3.68. The molecule has 0 radical (unpaired) electrons. The van der Waals surface area contributed by atoms with E-state index in [-0.39, 0.29) is 5.69 Å². The van der Waals surface area contributed by atoms with E-state index in [2.05, 4.69) is 31.4 Å². The van der Waals surface area contributed by atoms with Gasteiger partial charge in [0.05, 0.1) is 16.7 Å². The summed E-state index contributed by atoms with van der Waals surface area (Å²) in [5.41, 5.74) is 0.890. The molecule has 0 spiro atoms. The SMILES string of the molecule is N#C[C@@H](NC(=O)c1[nH]ncc1Br)c1cccc(Cl)c1. The molecule has 1 amide bonds. The van der Waals surface area contributed by atoms with E-state index in [0.717, 1.165) is 0 Å². The van der Waals surface area contributed by atoms with Gasteiger partial charge in [0.1, 0.15) is 11.7 Å². The van der Waals surface area contributed by atoms with Gasteiger partial charge in [-0.2, -0.15) is 10.4 Å². The molecule has 0 aliphatic rings. The number of H-pyrrole nitrogens is 1. The minimum atomic E-state index is -0.776. The summed E-state index contributed by atoms with van der Waals surface area (Å²) in [6.07, 6.45) is 1.47. The van der Waals surface area contributed by atoms with Crippen molar-refractivity contribution in [3.8, 4) is 6.07 Å². The molecule has 2 aromatic rings. The maximum Gasteiger partial charge on any atom is 0.271 e. The van der Waals surface area contributed by atoms with Crippen molar-refractivity contribution in [2.24, 2.45) is 0 Å². The molecular weight excluding hydrogens is 332 g/mol. The summed E-state index contributed by atoms with van der Waals surface area (Å²) in [5, 5.41) is 18.5. The van der Waals surface area contributed by atoms with Gasteiger partial charge in [-0.15, -0.1) is 0 Å². The number of carbonyl (C=O) groups excluding carboxylic acids is 1. The molecule has 96 valence electrons. The number of aromatic amines is 1. The molecule has 1 aromatic carbocycles. The number of amides is 1. The first-order valence-corrected chi connectivity index (χ1v) is 6.43. The second-order valence-corrected chi connectivity index (χ2v) is 4.97. The highest BCUT2D eigenvalue weighted by molar-refractivity contribution is 9.10. The molecular formula is C12H8BrClN4O. The summed E-state index contributed by atoms with van der Waals surface area (Å²) in [4.78, 5) is 12.0. The van der Waals surface area contributed by atoms with Crippen molar-refractivity contribution in [3.05, 3.63) is 51.2 Å². The molecule has 1 aromatic heterocycles. The fourth-order valence-corrected chi connectivity index (χ4v) is 2.08. The van der Waals surface area contributed by atoms with Crippen LogP contribution in [0.2, 0.25) is 5.02 Å². The number of benzene rings is 1. The fourth-order valence-electron chi connectivity index (χ4n) is 1.51. The zero-order valence-electron chi connectivity index (χ0n) is 9.52. The molecule has 0 fully saturated rings. The predicted octanol–water partition coefficient (Wildman–Crippen LogP) is 2.82. The monoisotopic (exact) mass is 338 g/mol. The van der Waals surface area contributed by atoms with Gasteiger partial charge in [0.25, 0.3) is 5.91 Å². The normalized spacial score (nSPS) is 11.6. The molecule has 5 nitrogen and oxygen atoms in total. The van der Waals surface area contributed by atoms with E-state index in [4.69, 9.17) is 16.9 Å². The van der Waals surface area contributed by atoms with E-state index in [1.807, 2.05) is 6.07 Å². The molecule has 1 atom stereocenters. The first-order valence-electron chi connectivity index (χ1n) is 5.26. The molecule has 19 heavy (non-hydrogen) atoms. The average Bonchev–Trinajstić information content (AvgIpc) is 2.82. The molecule has 2 N–H and O–H groups in total. The summed E-state index contributed by atoms with van der Waals surface area (Å²) in [6.45, 7) is 0. The van der Waals surface area contributed by atoms with Gasteiger partial charge in [-0.25, -0.2) is 0 Å². The molecule has 0 aliphatic heterocycles. The number of halogens is 2. The highest BCUT2D eigenvalue weighted by Gasteiger charge is 2.18. The van der Waals surface area contributed by atoms with Gasteiger partial charge in [-0.05, 0) is 33.6 Å². The second kappa shape index (κ2) is 5.87. The zero-order valence-corrected chi connectivity index (χ0v) is 11.9. The first-order chi connectivity index (χ1) is 9.11. The van der Waals surface area contributed by atoms with Gasteiger partial charge in [-0.3, -0.25) is 9.89 Å². The molecule has 0 saturated heterocycles. The predicted molar refractivity (Wildman–Crippen MR) is 73.6 cm³/mol. The highest BCUT2D eigenvalue weighted by atomic mass is 79.9. The van der Waals surface area contributed by atoms with Crippen LogP contribution in [-0.4, -0.2) is 16.1 Å². The Kier molecular flexibility index (Phi) is 4.20. The Morgan fingerprint density at radius 1 is 1.58 bits per heavy atom. The number of nitrogens with one attached hydrogen (secondary N) is 2. The third-order valence-corrected chi connectivity index (χ3v) is 3.24. The third-order valence-electron chi connectivity index (χ3n) is 2.41. The van der Waals surface area contributed by atoms with Crippen molar-refractivity contribution in [1.29, 1.82) is 5.26 Å². The number of rotatable bonds is 3. The Bertz CT molecular complexity index is 649. The third kappa shape index (κ3) is 3.13. The van der Waals surface area contributed by atoms with Crippen LogP contribution in [0.5, 0.6) is 0 Å². The number of carbonyl (C=O) groups is 1. The van der Waals surface area contributed by atoms with Gasteiger partial charge in [0.2, 0.25) is 0 Å². The van der Waals surface area contributed by atoms with E-state index < -0.39 is 11.9 Å². The number of aromatic nitrogens is 2. The molecule has 0 bridgehead atoms. The summed E-state index contributed by atoms with van der Waals surface area (Å²) >= 11 is 9.05. The smallest absolute Gasteiger partial charge is 0.271 e. The van der Waals surface area contributed by atoms with Crippen LogP contribution in [0.15, 0.2) is 34.9 Å². The van der Waals surface area contributed by atoms with E-state index >= 15 is 0 Å². The lowest BCUT2D eigenvalue weighted by Crippen LogP contribution is -2.28. The Morgan fingerprint density at radius 2 is 2.37 bits per heavy atom. The molecule has 1 heterocycles. The summed E-state index contributed by atoms with van der Waals surface area (Å²) in [6, 6.07) is 8.03. The van der Waals surface area contributed by atoms with Gasteiger partial charge in [-0.1, -0.05) is 23.7 Å². The number of nitriles is 1. The topological polar surface area (TPSA) is 81.6 Å². The Labute approximate surface area is 122 Å². The van der Waals surface area contributed by atoms with Crippen molar-refractivity contribution >= 4 is 33.4 Å². The summed E-state index contributed by atoms with van der Waals surface area (Å²) in [7, 11) is 0. The number of nitrogens with zero attached hydrogens (tertiary/aromatic N) is 2. The van der Waals surface area contributed by atoms with Crippen LogP contribution in [0.4, 0.5) is 0 Å². The van der Waals surface area contributed by atoms with Crippen LogP contribution in [0.3, 0.4) is 0 Å². The van der Waals surface area contributed by atoms with Crippen molar-refractivity contribution < 1.29 is 4.79 Å². The van der Waals surface area contributed by atoms with Gasteiger partial charge in [0, 0.05) is 5.02 Å². The minimum absolute atomic E-state index is 0.266. The molecule has 2 rings (SSSR count). The lowest BCUT2D eigenvalue weighted by Gasteiger charge is -2.11. The maximum atomic E-state index is 12.0. The van der Waals surface area contributed by atoms with Crippen LogP contribution in [0, 0.1) is 11.3 Å². The number of hydrogen-bond donors (Lipinski definition) is 2. The molecule has 7 heteroatoms. The van der Waals surface area contributed by atoms with Crippen molar-refractivity contribution in [3.63, 3.8) is 0 Å². The van der Waals surface area contributed by atoms with Crippen molar-refractivity contribution in [2.45, 2.75) is 6.04 Å². The van der Waals surface area contributed by atoms with Crippen molar-refractivity contribution in [2.75, 3.05) is 0 Å². The van der Waals surface area contributed by atoms with Gasteiger partial charge < -0.3 is 5.32 Å². The lowest BCUT2D eigenvalue weighted by atomic mass is 10.1. The fraction of sp³-hybridized carbons (Fsp3) is 0.0833. The van der Waals surface area contributed by atoms with Crippen LogP contribution in [0.1, 0.15) is 22.1 Å². The lowest BCUT2D eigenvalue weighted by molar-refractivity contribution is 0.0939. The highest BCUT2D eigenvalue weighted by Crippen LogP contribution is 2.19. The molecule has 0 saturated carbocycles. The molecule has 0 aliphatic carbocycles. The summed E-state index contributed by atoms with van der Waals surface area (Å²) in [5.74, 6) is -0.420. The van der Waals surface area contributed by atoms with Crippen molar-refractivity contribution in [1.82, 2.24) is 15.5 Å². The molecule has 0 unspecified atom stereocenters. The van der Waals surface area contributed by atoms with E-state index in [1.165, 1.54) is 6.20 Å². The Balaban J connectivity index is 2.19. The largest absolute Gasteiger partial charge is 0.331 e. The van der Waals surface area contributed by atoms with E-state index in [0.29, 0.717) is 15.1 Å². The van der Waals surface area contributed by atoms with Crippen LogP contribution in [-0.2, 0) is 0 Å². The van der Waals surface area contributed by atoms with Gasteiger partial charge in [0.15, 0.2) is 0 Å². The Morgan fingerprint density at radius 3 is 2.95 bits per heavy atom. The quantitative estimate of drug-likeness (QED) is 0.902. The van der Waals surface area contributed by atoms with E-state index in [9.17, 15) is 4.79 Å². The van der Waals surface area contributed by atoms with Crippen LogP contribution < -0.4 is 5.32 Å². The number of hydrogen-bond acceptors (Lipinski definition) is 3. The average molecular weight is 340 g/mol. The van der Waals surface area contributed by atoms with Crippen LogP contribution in [0.25, 0.3) is 0 Å². The Hall–Kier alpha value is -1.84. The standard InChI is InChI=1S/C12H8BrClN4O/c13-9-6-16-18-11(9)12(19)17-10(5-15)7-2-1-3-8(14)4-7/h1-4,6,10H,(H,16,18)(H,17,19)/t10-/m1/s1. The first kappa shape index (κ1) is 13.6.